The van der Waals surface area contributed by atoms with Crippen LogP contribution in [0, 0.1) is 0 Å². The molecule has 0 heterocycles. The maximum absolute atomic E-state index is 10.0. The molecule has 106 valence electrons. The summed E-state index contributed by atoms with van der Waals surface area (Å²) < 4.78 is 15.9. The van der Waals surface area contributed by atoms with Crippen LogP contribution >= 0.6 is 0 Å². The molecular formula is C16H18O4. The van der Waals surface area contributed by atoms with Crippen molar-refractivity contribution in [1.82, 2.24) is 0 Å². The Balaban J connectivity index is 2.03. The second kappa shape index (κ2) is 6.82. The lowest BCUT2D eigenvalue weighted by Crippen LogP contribution is -2.09. The summed E-state index contributed by atoms with van der Waals surface area (Å²) in [5, 5.41) is 10.0. The van der Waals surface area contributed by atoms with Gasteiger partial charge in [-0.2, -0.15) is 0 Å². The van der Waals surface area contributed by atoms with E-state index in [4.69, 9.17) is 14.2 Å². The summed E-state index contributed by atoms with van der Waals surface area (Å²) in [5.74, 6) is 1.89. The lowest BCUT2D eigenvalue weighted by molar-refractivity contribution is 0.108. The van der Waals surface area contributed by atoms with Crippen LogP contribution in [-0.4, -0.2) is 25.9 Å². The summed E-state index contributed by atoms with van der Waals surface area (Å²) in [5.41, 5.74) is 0.822. The topological polar surface area (TPSA) is 47.9 Å². The molecule has 0 aliphatic carbocycles. The first-order valence-electron chi connectivity index (χ1n) is 6.32. The average molecular weight is 274 g/mol. The fourth-order valence-electron chi connectivity index (χ4n) is 1.81. The Morgan fingerprint density at radius 3 is 2.00 bits per heavy atom. The van der Waals surface area contributed by atoms with E-state index in [1.807, 2.05) is 30.3 Å². The molecule has 0 aliphatic rings. The Bertz CT molecular complexity index is 517. The van der Waals surface area contributed by atoms with E-state index < -0.39 is 6.10 Å². The van der Waals surface area contributed by atoms with E-state index in [2.05, 4.69) is 0 Å². The molecule has 2 rings (SSSR count). The zero-order chi connectivity index (χ0) is 14.4. The molecule has 0 amide bonds. The molecule has 0 bridgehead atoms. The van der Waals surface area contributed by atoms with Crippen LogP contribution < -0.4 is 14.2 Å². The minimum atomic E-state index is -0.673. The molecule has 1 N–H and O–H groups in total. The molecule has 0 fully saturated rings. The Hall–Kier alpha value is -2.20. The number of hydrogen-bond donors (Lipinski definition) is 1. The SMILES string of the molecule is COc1cc(OC)cc(OCC(O)c2ccccc2)c1. The third-order valence-electron chi connectivity index (χ3n) is 2.92. The molecule has 4 nitrogen and oxygen atoms in total. The summed E-state index contributed by atoms with van der Waals surface area (Å²) in [4.78, 5) is 0. The molecule has 0 saturated heterocycles. The van der Waals surface area contributed by atoms with Crippen molar-refractivity contribution in [1.29, 1.82) is 0 Å². The first-order chi connectivity index (χ1) is 9.72. The van der Waals surface area contributed by atoms with E-state index >= 15 is 0 Å². The number of ether oxygens (including phenoxy) is 3. The maximum Gasteiger partial charge on any atom is 0.126 e. The van der Waals surface area contributed by atoms with Crippen molar-refractivity contribution in [2.24, 2.45) is 0 Å². The molecule has 1 unspecified atom stereocenters. The molecule has 4 heteroatoms. The normalized spacial score (nSPS) is 11.8. The van der Waals surface area contributed by atoms with Crippen LogP contribution in [0.1, 0.15) is 11.7 Å². The van der Waals surface area contributed by atoms with Gasteiger partial charge >= 0.3 is 0 Å². The zero-order valence-electron chi connectivity index (χ0n) is 11.6. The van der Waals surface area contributed by atoms with Crippen molar-refractivity contribution in [2.75, 3.05) is 20.8 Å². The highest BCUT2D eigenvalue weighted by Gasteiger charge is 2.09. The summed E-state index contributed by atoms with van der Waals surface area (Å²) in [7, 11) is 3.16. The van der Waals surface area contributed by atoms with Gasteiger partial charge in [0.1, 0.15) is 30.0 Å². The van der Waals surface area contributed by atoms with Crippen LogP contribution in [0.5, 0.6) is 17.2 Å². The summed E-state index contributed by atoms with van der Waals surface area (Å²) in [6.07, 6.45) is -0.673. The zero-order valence-corrected chi connectivity index (χ0v) is 11.6. The van der Waals surface area contributed by atoms with Crippen LogP contribution in [0.2, 0.25) is 0 Å². The van der Waals surface area contributed by atoms with E-state index in [1.54, 1.807) is 32.4 Å². The van der Waals surface area contributed by atoms with Gasteiger partial charge in [-0.3, -0.25) is 0 Å². The monoisotopic (exact) mass is 274 g/mol. The summed E-state index contributed by atoms with van der Waals surface area (Å²) >= 11 is 0. The molecule has 20 heavy (non-hydrogen) atoms. The van der Waals surface area contributed by atoms with Gasteiger partial charge in [-0.25, -0.2) is 0 Å². The quantitative estimate of drug-likeness (QED) is 0.880. The van der Waals surface area contributed by atoms with Gasteiger partial charge in [0.25, 0.3) is 0 Å². The number of rotatable bonds is 6. The van der Waals surface area contributed by atoms with E-state index in [0.29, 0.717) is 17.2 Å². The van der Waals surface area contributed by atoms with Crippen LogP contribution in [0.4, 0.5) is 0 Å². The van der Waals surface area contributed by atoms with Crippen LogP contribution in [0.25, 0.3) is 0 Å². The standard InChI is InChI=1S/C16H18O4/c1-18-13-8-14(19-2)10-15(9-13)20-11-16(17)12-6-4-3-5-7-12/h3-10,16-17H,11H2,1-2H3. The van der Waals surface area contributed by atoms with Gasteiger partial charge in [0.15, 0.2) is 0 Å². The van der Waals surface area contributed by atoms with Crippen molar-refractivity contribution in [3.05, 3.63) is 54.1 Å². The van der Waals surface area contributed by atoms with Gasteiger partial charge in [-0.05, 0) is 5.56 Å². The minimum absolute atomic E-state index is 0.167. The van der Waals surface area contributed by atoms with E-state index in [1.165, 1.54) is 0 Å². The third kappa shape index (κ3) is 3.65. The molecule has 1 atom stereocenters. The van der Waals surface area contributed by atoms with Gasteiger partial charge in [0.2, 0.25) is 0 Å². The van der Waals surface area contributed by atoms with Crippen LogP contribution in [0.3, 0.4) is 0 Å². The fourth-order valence-corrected chi connectivity index (χ4v) is 1.81. The fraction of sp³-hybridized carbons (Fsp3) is 0.250. The minimum Gasteiger partial charge on any atom is -0.496 e. The third-order valence-corrected chi connectivity index (χ3v) is 2.92. The highest BCUT2D eigenvalue weighted by atomic mass is 16.5. The average Bonchev–Trinajstić information content (AvgIpc) is 2.53. The predicted molar refractivity (Wildman–Crippen MR) is 76.4 cm³/mol. The van der Waals surface area contributed by atoms with Crippen molar-refractivity contribution in [3.63, 3.8) is 0 Å². The Kier molecular flexibility index (Phi) is 4.85. The number of methoxy groups -OCH3 is 2. The molecule has 0 aliphatic heterocycles. The molecule has 2 aromatic rings. The summed E-state index contributed by atoms with van der Waals surface area (Å²) in [6, 6.07) is 14.7. The van der Waals surface area contributed by atoms with Crippen LogP contribution in [-0.2, 0) is 0 Å². The lowest BCUT2D eigenvalue weighted by Gasteiger charge is -2.14. The second-order valence-corrected chi connectivity index (χ2v) is 4.29. The van der Waals surface area contributed by atoms with Crippen molar-refractivity contribution in [2.45, 2.75) is 6.10 Å². The second-order valence-electron chi connectivity index (χ2n) is 4.29. The highest BCUT2D eigenvalue weighted by molar-refractivity contribution is 5.42. The Labute approximate surface area is 118 Å². The molecule has 2 aromatic carbocycles. The van der Waals surface area contributed by atoms with Gasteiger partial charge in [-0.1, -0.05) is 30.3 Å². The maximum atomic E-state index is 10.0. The van der Waals surface area contributed by atoms with Gasteiger partial charge in [0, 0.05) is 18.2 Å². The Morgan fingerprint density at radius 2 is 1.45 bits per heavy atom. The molecular weight excluding hydrogens is 256 g/mol. The first kappa shape index (κ1) is 14.2. The predicted octanol–water partition coefficient (Wildman–Crippen LogP) is 2.82. The van der Waals surface area contributed by atoms with Crippen molar-refractivity contribution in [3.8, 4) is 17.2 Å². The first-order valence-corrected chi connectivity index (χ1v) is 6.32. The number of hydrogen-bond acceptors (Lipinski definition) is 4. The smallest absolute Gasteiger partial charge is 0.126 e. The van der Waals surface area contributed by atoms with E-state index in [-0.39, 0.29) is 6.61 Å². The highest BCUT2D eigenvalue weighted by Crippen LogP contribution is 2.28. The Morgan fingerprint density at radius 1 is 0.900 bits per heavy atom. The van der Waals surface area contributed by atoms with Gasteiger partial charge in [-0.15, -0.1) is 0 Å². The van der Waals surface area contributed by atoms with Gasteiger partial charge < -0.3 is 19.3 Å². The van der Waals surface area contributed by atoms with E-state index in [0.717, 1.165) is 5.56 Å². The number of aliphatic hydroxyl groups excluding tert-OH is 1. The number of aliphatic hydroxyl groups is 1. The van der Waals surface area contributed by atoms with Crippen molar-refractivity contribution < 1.29 is 19.3 Å². The molecule has 0 aromatic heterocycles. The van der Waals surface area contributed by atoms with Crippen molar-refractivity contribution >= 4 is 0 Å². The molecule has 0 spiro atoms. The largest absolute Gasteiger partial charge is 0.496 e. The molecule has 0 saturated carbocycles. The number of benzene rings is 2. The van der Waals surface area contributed by atoms with Gasteiger partial charge in [0.05, 0.1) is 14.2 Å². The molecule has 0 radical (unpaired) electrons. The van der Waals surface area contributed by atoms with E-state index in [9.17, 15) is 5.11 Å². The lowest BCUT2D eigenvalue weighted by atomic mass is 10.1. The summed E-state index contributed by atoms with van der Waals surface area (Å²) in [6.45, 7) is 0.167. The van der Waals surface area contributed by atoms with Crippen LogP contribution in [0.15, 0.2) is 48.5 Å².